The highest BCUT2D eigenvalue weighted by molar-refractivity contribution is 5.65. The summed E-state index contributed by atoms with van der Waals surface area (Å²) in [4.78, 5) is 21.4. The fraction of sp³-hybridized carbons (Fsp3) is 0.381. The number of methoxy groups -OCH3 is 1. The van der Waals surface area contributed by atoms with Crippen molar-refractivity contribution in [2.24, 2.45) is 0 Å². The van der Waals surface area contributed by atoms with E-state index in [4.69, 9.17) is 4.74 Å². The van der Waals surface area contributed by atoms with E-state index >= 15 is 0 Å². The minimum Gasteiger partial charge on any atom is -0.496 e. The highest BCUT2D eigenvalue weighted by Gasteiger charge is 2.19. The number of anilines is 1. The number of aryl methyl sites for hydroxylation is 1. The molecule has 0 radical (unpaired) electrons. The predicted molar refractivity (Wildman–Crippen MR) is 109 cm³/mol. The Bertz CT molecular complexity index is 902. The summed E-state index contributed by atoms with van der Waals surface area (Å²) in [6.45, 7) is 6.81. The van der Waals surface area contributed by atoms with E-state index in [9.17, 15) is 0 Å². The van der Waals surface area contributed by atoms with Crippen molar-refractivity contribution in [1.82, 2.24) is 24.8 Å². The Morgan fingerprint density at radius 1 is 1.07 bits per heavy atom. The maximum Gasteiger partial charge on any atom is 0.225 e. The van der Waals surface area contributed by atoms with E-state index in [1.54, 1.807) is 19.5 Å². The number of ether oxygens (including phenoxy) is 1. The second-order valence-corrected chi connectivity index (χ2v) is 6.96. The summed E-state index contributed by atoms with van der Waals surface area (Å²) in [5.41, 5.74) is 3.40. The first-order valence-electron chi connectivity index (χ1n) is 9.72. The van der Waals surface area contributed by atoms with Crippen LogP contribution in [0.25, 0.3) is 11.4 Å². The molecule has 0 aliphatic carbocycles. The number of aromatic nitrogens is 4. The fourth-order valence-electron chi connectivity index (χ4n) is 3.54. The van der Waals surface area contributed by atoms with Gasteiger partial charge in [0.25, 0.3) is 0 Å². The second-order valence-electron chi connectivity index (χ2n) is 6.96. The average Bonchev–Trinajstić information content (AvgIpc) is 3.22. The maximum absolute atomic E-state index is 5.52. The third-order valence-electron chi connectivity index (χ3n) is 5.16. The molecule has 1 fully saturated rings. The normalized spacial score (nSPS) is 15.0. The number of nitrogens with zero attached hydrogens (tertiary/aromatic N) is 5. The molecule has 146 valence electrons. The van der Waals surface area contributed by atoms with E-state index in [0.717, 1.165) is 67.9 Å². The van der Waals surface area contributed by atoms with E-state index in [1.807, 2.05) is 18.3 Å². The molecular weight excluding hydrogens is 352 g/mol. The standard InChI is InChI=1S/C21H26N6O/c1-3-16-5-6-19(28-2)18(13-16)20-24-14-17(25-20)15-26-9-11-27(12-10-26)21-22-7-4-8-23-21/h4-8,13-14H,3,9-12,15H2,1-2H3,(H,24,25). The molecule has 28 heavy (non-hydrogen) atoms. The summed E-state index contributed by atoms with van der Waals surface area (Å²) in [5.74, 6) is 2.52. The summed E-state index contributed by atoms with van der Waals surface area (Å²) in [5, 5.41) is 0. The second kappa shape index (κ2) is 8.39. The molecule has 4 rings (SSSR count). The van der Waals surface area contributed by atoms with Gasteiger partial charge in [0.05, 0.1) is 12.7 Å². The topological polar surface area (TPSA) is 70.2 Å². The van der Waals surface area contributed by atoms with Gasteiger partial charge in [-0.25, -0.2) is 15.0 Å². The minimum atomic E-state index is 0.814. The van der Waals surface area contributed by atoms with E-state index in [2.05, 4.69) is 48.8 Å². The zero-order valence-electron chi connectivity index (χ0n) is 16.4. The van der Waals surface area contributed by atoms with Crippen molar-refractivity contribution < 1.29 is 4.74 Å². The zero-order valence-corrected chi connectivity index (χ0v) is 16.4. The first-order chi connectivity index (χ1) is 13.8. The Morgan fingerprint density at radius 2 is 1.86 bits per heavy atom. The largest absolute Gasteiger partial charge is 0.496 e. The lowest BCUT2D eigenvalue weighted by Gasteiger charge is -2.34. The molecule has 1 aliphatic heterocycles. The molecule has 1 saturated heterocycles. The number of imidazole rings is 1. The van der Waals surface area contributed by atoms with Crippen LogP contribution in [0, 0.1) is 0 Å². The van der Waals surface area contributed by atoms with Crippen LogP contribution >= 0.6 is 0 Å². The van der Waals surface area contributed by atoms with Crippen molar-refractivity contribution in [3.8, 4) is 17.1 Å². The number of hydrogen-bond donors (Lipinski definition) is 1. The lowest BCUT2D eigenvalue weighted by molar-refractivity contribution is 0.246. The lowest BCUT2D eigenvalue weighted by Crippen LogP contribution is -2.46. The van der Waals surface area contributed by atoms with Gasteiger partial charge in [-0.1, -0.05) is 13.0 Å². The first-order valence-corrected chi connectivity index (χ1v) is 9.72. The number of hydrogen-bond acceptors (Lipinski definition) is 6. The summed E-state index contributed by atoms with van der Waals surface area (Å²) >= 11 is 0. The molecule has 1 aromatic carbocycles. The van der Waals surface area contributed by atoms with Gasteiger partial charge in [-0.05, 0) is 30.2 Å². The van der Waals surface area contributed by atoms with Crippen molar-refractivity contribution in [3.63, 3.8) is 0 Å². The third-order valence-corrected chi connectivity index (χ3v) is 5.16. The Kier molecular flexibility index (Phi) is 5.53. The van der Waals surface area contributed by atoms with E-state index in [1.165, 1.54) is 5.56 Å². The number of piperazine rings is 1. The predicted octanol–water partition coefficient (Wildman–Crippen LogP) is 2.76. The van der Waals surface area contributed by atoms with Crippen LogP contribution in [0.4, 0.5) is 5.95 Å². The van der Waals surface area contributed by atoms with Gasteiger partial charge in [0.2, 0.25) is 5.95 Å². The van der Waals surface area contributed by atoms with Crippen LogP contribution in [-0.4, -0.2) is 58.1 Å². The molecule has 0 spiro atoms. The highest BCUT2D eigenvalue weighted by atomic mass is 16.5. The van der Waals surface area contributed by atoms with Crippen molar-refractivity contribution in [1.29, 1.82) is 0 Å². The molecule has 3 aromatic rings. The highest BCUT2D eigenvalue weighted by Crippen LogP contribution is 2.29. The molecule has 7 heteroatoms. The number of benzene rings is 1. The number of H-pyrrole nitrogens is 1. The van der Waals surface area contributed by atoms with E-state index < -0.39 is 0 Å². The van der Waals surface area contributed by atoms with Crippen LogP contribution in [0.15, 0.2) is 42.9 Å². The van der Waals surface area contributed by atoms with Crippen LogP contribution in [0.5, 0.6) is 5.75 Å². The maximum atomic E-state index is 5.52. The Balaban J connectivity index is 1.41. The van der Waals surface area contributed by atoms with Crippen LogP contribution in [-0.2, 0) is 13.0 Å². The monoisotopic (exact) mass is 378 g/mol. The summed E-state index contributed by atoms with van der Waals surface area (Å²) in [7, 11) is 1.70. The van der Waals surface area contributed by atoms with E-state index in [-0.39, 0.29) is 0 Å². The first kappa shape index (κ1) is 18.4. The summed E-state index contributed by atoms with van der Waals surface area (Å²) < 4.78 is 5.52. The number of nitrogens with one attached hydrogen (secondary N) is 1. The minimum absolute atomic E-state index is 0.814. The quantitative estimate of drug-likeness (QED) is 0.711. The van der Waals surface area contributed by atoms with Crippen LogP contribution in [0.1, 0.15) is 18.2 Å². The summed E-state index contributed by atoms with van der Waals surface area (Å²) in [6.07, 6.45) is 6.51. The zero-order chi connectivity index (χ0) is 19.3. The summed E-state index contributed by atoms with van der Waals surface area (Å²) in [6, 6.07) is 8.12. The average molecular weight is 378 g/mol. The van der Waals surface area contributed by atoms with Gasteiger partial charge in [-0.3, -0.25) is 4.90 Å². The van der Waals surface area contributed by atoms with Gasteiger partial charge in [0.15, 0.2) is 0 Å². The van der Waals surface area contributed by atoms with Crippen molar-refractivity contribution in [2.75, 3.05) is 38.2 Å². The van der Waals surface area contributed by atoms with Gasteiger partial charge < -0.3 is 14.6 Å². The number of rotatable bonds is 6. The molecule has 0 bridgehead atoms. The fourth-order valence-corrected chi connectivity index (χ4v) is 3.54. The van der Waals surface area contributed by atoms with Crippen molar-refractivity contribution in [2.45, 2.75) is 19.9 Å². The molecule has 1 aliphatic rings. The Morgan fingerprint density at radius 3 is 2.57 bits per heavy atom. The lowest BCUT2D eigenvalue weighted by atomic mass is 10.1. The molecule has 0 amide bonds. The van der Waals surface area contributed by atoms with Gasteiger partial charge in [0.1, 0.15) is 11.6 Å². The third kappa shape index (κ3) is 3.99. The van der Waals surface area contributed by atoms with Gasteiger partial charge in [0, 0.05) is 57.0 Å². The molecule has 0 saturated carbocycles. The smallest absolute Gasteiger partial charge is 0.225 e. The molecule has 3 heterocycles. The Labute approximate surface area is 165 Å². The van der Waals surface area contributed by atoms with Crippen LogP contribution in [0.3, 0.4) is 0 Å². The molecule has 1 N–H and O–H groups in total. The number of aromatic amines is 1. The van der Waals surface area contributed by atoms with Crippen LogP contribution in [0.2, 0.25) is 0 Å². The SMILES string of the molecule is CCc1ccc(OC)c(-c2ncc(CN3CCN(c4ncccn4)CC3)[nH]2)c1. The van der Waals surface area contributed by atoms with Gasteiger partial charge in [-0.2, -0.15) is 0 Å². The molecule has 0 atom stereocenters. The van der Waals surface area contributed by atoms with Crippen molar-refractivity contribution in [3.05, 3.63) is 54.1 Å². The molecular formula is C21H26N6O. The van der Waals surface area contributed by atoms with Gasteiger partial charge >= 0.3 is 0 Å². The van der Waals surface area contributed by atoms with Crippen molar-refractivity contribution >= 4 is 5.95 Å². The van der Waals surface area contributed by atoms with Gasteiger partial charge in [-0.15, -0.1) is 0 Å². The molecule has 2 aromatic heterocycles. The molecule has 7 nitrogen and oxygen atoms in total. The Hall–Kier alpha value is -2.93. The molecule has 0 unspecified atom stereocenters. The van der Waals surface area contributed by atoms with Crippen LogP contribution < -0.4 is 9.64 Å². The van der Waals surface area contributed by atoms with E-state index in [0.29, 0.717) is 0 Å².